The van der Waals surface area contributed by atoms with Gasteiger partial charge in [0.2, 0.25) is 6.79 Å². The summed E-state index contributed by atoms with van der Waals surface area (Å²) in [6.45, 7) is -0.319. The number of rotatable bonds is 4. The Morgan fingerprint density at radius 1 is 1.12 bits per heavy atom. The predicted molar refractivity (Wildman–Crippen MR) is 87.9 cm³/mol. The van der Waals surface area contributed by atoms with Crippen molar-refractivity contribution >= 4 is 40.8 Å². The molecule has 0 radical (unpaired) electrons. The van der Waals surface area contributed by atoms with E-state index in [-0.39, 0.29) is 22.4 Å². The van der Waals surface area contributed by atoms with Crippen LogP contribution in [0.25, 0.3) is 0 Å². The molecule has 1 aliphatic rings. The third-order valence-corrected chi connectivity index (χ3v) is 3.98. The Balaban J connectivity index is 1.57. The Morgan fingerprint density at radius 3 is 2.75 bits per heavy atom. The zero-order valence-electron chi connectivity index (χ0n) is 12.2. The molecule has 2 aromatic rings. The molecule has 0 bridgehead atoms. The molecule has 0 saturated heterocycles. The average Bonchev–Trinajstić information content (AvgIpc) is 3.03. The van der Waals surface area contributed by atoms with Crippen LogP contribution in [0.5, 0.6) is 11.5 Å². The minimum absolute atomic E-state index is 0.0837. The van der Waals surface area contributed by atoms with E-state index in [2.05, 4.69) is 5.32 Å². The highest BCUT2D eigenvalue weighted by molar-refractivity contribution is 6.43. The highest BCUT2D eigenvalue weighted by Gasteiger charge is 2.17. The lowest BCUT2D eigenvalue weighted by molar-refractivity contribution is -0.119. The molecule has 0 saturated carbocycles. The Bertz CT molecular complexity index is 809. The fourth-order valence-corrected chi connectivity index (χ4v) is 2.42. The van der Waals surface area contributed by atoms with Crippen LogP contribution in [0.4, 0.5) is 5.69 Å². The molecular formula is C16H11Cl2NO5. The van der Waals surface area contributed by atoms with Gasteiger partial charge in [0.25, 0.3) is 5.91 Å². The molecular weight excluding hydrogens is 357 g/mol. The van der Waals surface area contributed by atoms with Crippen molar-refractivity contribution in [2.45, 2.75) is 0 Å². The van der Waals surface area contributed by atoms with Crippen molar-refractivity contribution in [3.8, 4) is 11.5 Å². The Kier molecular flexibility index (Phi) is 4.78. The van der Waals surface area contributed by atoms with E-state index in [0.29, 0.717) is 17.2 Å². The van der Waals surface area contributed by atoms with E-state index in [4.69, 9.17) is 37.4 Å². The smallest absolute Gasteiger partial charge is 0.340 e. The topological polar surface area (TPSA) is 73.9 Å². The van der Waals surface area contributed by atoms with Gasteiger partial charge >= 0.3 is 5.97 Å². The molecule has 0 aromatic heterocycles. The number of halogens is 2. The Hall–Kier alpha value is -2.44. The molecule has 2 aromatic carbocycles. The maximum Gasteiger partial charge on any atom is 0.340 e. The van der Waals surface area contributed by atoms with E-state index in [1.54, 1.807) is 30.3 Å². The summed E-state index contributed by atoms with van der Waals surface area (Å²) in [5.41, 5.74) is 0.598. The van der Waals surface area contributed by atoms with E-state index in [1.165, 1.54) is 6.07 Å². The van der Waals surface area contributed by atoms with Crippen LogP contribution < -0.4 is 14.8 Å². The normalized spacial score (nSPS) is 11.9. The number of anilines is 1. The van der Waals surface area contributed by atoms with Gasteiger partial charge in [-0.2, -0.15) is 0 Å². The molecule has 24 heavy (non-hydrogen) atoms. The number of amides is 1. The molecule has 8 heteroatoms. The number of benzene rings is 2. The summed E-state index contributed by atoms with van der Waals surface area (Å²) < 4.78 is 15.3. The average molecular weight is 368 g/mol. The van der Waals surface area contributed by atoms with E-state index in [0.717, 1.165) is 0 Å². The zero-order chi connectivity index (χ0) is 17.1. The van der Waals surface area contributed by atoms with Crippen LogP contribution in [0, 0.1) is 0 Å². The number of esters is 1. The molecule has 0 fully saturated rings. The quantitative estimate of drug-likeness (QED) is 0.836. The first-order valence-corrected chi connectivity index (χ1v) is 7.61. The molecule has 1 heterocycles. The van der Waals surface area contributed by atoms with Crippen LogP contribution in [-0.4, -0.2) is 25.3 Å². The molecule has 0 spiro atoms. The minimum Gasteiger partial charge on any atom is -0.454 e. The fourth-order valence-electron chi connectivity index (χ4n) is 2.04. The van der Waals surface area contributed by atoms with Gasteiger partial charge in [-0.15, -0.1) is 0 Å². The summed E-state index contributed by atoms with van der Waals surface area (Å²) in [7, 11) is 0. The summed E-state index contributed by atoms with van der Waals surface area (Å²) in [4.78, 5) is 23.8. The highest BCUT2D eigenvalue weighted by Crippen LogP contribution is 2.34. The second-order valence-electron chi connectivity index (χ2n) is 4.79. The third kappa shape index (κ3) is 3.55. The van der Waals surface area contributed by atoms with Gasteiger partial charge in [0.1, 0.15) is 0 Å². The Labute approximate surface area is 147 Å². The van der Waals surface area contributed by atoms with Gasteiger partial charge in [-0.05, 0) is 24.3 Å². The lowest BCUT2D eigenvalue weighted by Crippen LogP contribution is -2.21. The first-order valence-electron chi connectivity index (χ1n) is 6.85. The first-order chi connectivity index (χ1) is 11.5. The van der Waals surface area contributed by atoms with Crippen LogP contribution in [0.1, 0.15) is 10.4 Å². The van der Waals surface area contributed by atoms with Gasteiger partial charge in [-0.25, -0.2) is 4.79 Å². The number of ether oxygens (including phenoxy) is 3. The van der Waals surface area contributed by atoms with E-state index < -0.39 is 18.5 Å². The third-order valence-electron chi connectivity index (χ3n) is 3.16. The SMILES string of the molecule is O=C(COC(=O)c1cccc(Cl)c1Cl)Nc1ccc2c(c1)OCO2. The molecule has 0 atom stereocenters. The molecule has 3 rings (SSSR count). The predicted octanol–water partition coefficient (Wildman–Crippen LogP) is 3.52. The standard InChI is InChI=1S/C16H11Cl2NO5/c17-11-3-1-2-10(15(11)18)16(21)22-7-14(20)19-9-4-5-12-13(6-9)24-8-23-12/h1-6H,7-8H2,(H,19,20). The lowest BCUT2D eigenvalue weighted by atomic mass is 10.2. The van der Waals surface area contributed by atoms with Crippen molar-refractivity contribution in [1.82, 2.24) is 0 Å². The monoisotopic (exact) mass is 367 g/mol. The van der Waals surface area contributed by atoms with Gasteiger partial charge in [-0.1, -0.05) is 29.3 Å². The molecule has 124 valence electrons. The van der Waals surface area contributed by atoms with Crippen LogP contribution >= 0.6 is 23.2 Å². The summed E-state index contributed by atoms with van der Waals surface area (Å²) in [5, 5.41) is 2.91. The van der Waals surface area contributed by atoms with Crippen LogP contribution in [0.15, 0.2) is 36.4 Å². The van der Waals surface area contributed by atoms with Gasteiger partial charge < -0.3 is 19.5 Å². The fraction of sp³-hybridized carbons (Fsp3) is 0.125. The maximum absolute atomic E-state index is 11.9. The van der Waals surface area contributed by atoms with Crippen molar-refractivity contribution in [3.05, 3.63) is 52.0 Å². The van der Waals surface area contributed by atoms with Crippen molar-refractivity contribution in [2.24, 2.45) is 0 Å². The van der Waals surface area contributed by atoms with Crippen LogP contribution in [0.3, 0.4) is 0 Å². The highest BCUT2D eigenvalue weighted by atomic mass is 35.5. The molecule has 6 nitrogen and oxygen atoms in total. The summed E-state index contributed by atoms with van der Waals surface area (Å²) in [6.07, 6.45) is 0. The minimum atomic E-state index is -0.733. The molecule has 0 unspecified atom stereocenters. The van der Waals surface area contributed by atoms with Gasteiger partial charge in [-0.3, -0.25) is 4.79 Å². The number of hydrogen-bond donors (Lipinski definition) is 1. The summed E-state index contributed by atoms with van der Waals surface area (Å²) in [5.74, 6) is -0.0887. The second-order valence-corrected chi connectivity index (χ2v) is 5.58. The molecule has 1 amide bonds. The van der Waals surface area contributed by atoms with E-state index in [1.807, 2.05) is 0 Å². The van der Waals surface area contributed by atoms with Crippen LogP contribution in [0.2, 0.25) is 10.0 Å². The Morgan fingerprint density at radius 2 is 1.92 bits per heavy atom. The zero-order valence-corrected chi connectivity index (χ0v) is 13.7. The van der Waals surface area contributed by atoms with Gasteiger partial charge in [0.15, 0.2) is 18.1 Å². The number of carbonyl (C=O) groups excluding carboxylic acids is 2. The first kappa shape index (κ1) is 16.4. The number of carbonyl (C=O) groups is 2. The summed E-state index contributed by atoms with van der Waals surface area (Å²) >= 11 is 11.8. The second kappa shape index (κ2) is 6.98. The van der Waals surface area contributed by atoms with Gasteiger partial charge in [0, 0.05) is 11.8 Å². The maximum atomic E-state index is 11.9. The van der Waals surface area contributed by atoms with Crippen LogP contribution in [-0.2, 0) is 9.53 Å². The number of hydrogen-bond acceptors (Lipinski definition) is 5. The van der Waals surface area contributed by atoms with Crippen molar-refractivity contribution < 1.29 is 23.8 Å². The molecule has 1 aliphatic heterocycles. The van der Waals surface area contributed by atoms with E-state index >= 15 is 0 Å². The lowest BCUT2D eigenvalue weighted by Gasteiger charge is -2.08. The number of fused-ring (bicyclic) bond motifs is 1. The van der Waals surface area contributed by atoms with Gasteiger partial charge in [0.05, 0.1) is 15.6 Å². The largest absolute Gasteiger partial charge is 0.454 e. The number of nitrogens with one attached hydrogen (secondary N) is 1. The van der Waals surface area contributed by atoms with E-state index in [9.17, 15) is 9.59 Å². The van der Waals surface area contributed by atoms with Crippen molar-refractivity contribution in [3.63, 3.8) is 0 Å². The molecule has 1 N–H and O–H groups in total. The molecule has 0 aliphatic carbocycles. The van der Waals surface area contributed by atoms with Crippen molar-refractivity contribution in [2.75, 3.05) is 18.7 Å². The van der Waals surface area contributed by atoms with Crippen molar-refractivity contribution in [1.29, 1.82) is 0 Å². The summed E-state index contributed by atoms with van der Waals surface area (Å²) in [6, 6.07) is 9.53.